The summed E-state index contributed by atoms with van der Waals surface area (Å²) in [5.41, 5.74) is 0. The van der Waals surface area contributed by atoms with Crippen molar-refractivity contribution in [1.82, 2.24) is 14.9 Å². The molecule has 0 fully saturated rings. The monoisotopic (exact) mass is 223 g/mol. The number of carbonyl (C=O) groups excluding carboxylic acids is 1. The van der Waals surface area contributed by atoms with Crippen LogP contribution in [0.3, 0.4) is 0 Å². The molecule has 1 aromatic heterocycles. The smallest absolute Gasteiger partial charge is 0.241 e. The second-order valence-corrected chi connectivity index (χ2v) is 3.30. The van der Waals surface area contributed by atoms with Crippen molar-refractivity contribution in [1.29, 1.82) is 0 Å². The molecule has 6 nitrogen and oxygen atoms in total. The molecule has 1 aromatic rings. The predicted molar refractivity (Wildman–Crippen MR) is 63.4 cm³/mol. The van der Waals surface area contributed by atoms with Gasteiger partial charge in [0.25, 0.3) is 0 Å². The maximum absolute atomic E-state index is 11.5. The van der Waals surface area contributed by atoms with Gasteiger partial charge in [-0.15, -0.1) is 0 Å². The van der Waals surface area contributed by atoms with Gasteiger partial charge >= 0.3 is 0 Å². The Balaban J connectivity index is 2.51. The first-order chi connectivity index (χ1) is 7.67. The second-order valence-electron chi connectivity index (χ2n) is 3.30. The lowest BCUT2D eigenvalue weighted by atomic mass is 10.5. The van der Waals surface area contributed by atoms with Crippen molar-refractivity contribution in [2.45, 2.75) is 6.92 Å². The minimum Gasteiger partial charge on any atom is -0.372 e. The van der Waals surface area contributed by atoms with Gasteiger partial charge in [-0.05, 0) is 6.92 Å². The Labute approximate surface area is 95.1 Å². The molecule has 6 heteroatoms. The number of nitrogens with one attached hydrogen (secondary N) is 2. The molecule has 1 rings (SSSR count). The summed E-state index contributed by atoms with van der Waals surface area (Å²) in [4.78, 5) is 21.3. The summed E-state index contributed by atoms with van der Waals surface area (Å²) in [6, 6.07) is 0. The van der Waals surface area contributed by atoms with Crippen LogP contribution < -0.4 is 10.6 Å². The molecule has 1 amide bonds. The molecule has 1 heterocycles. The number of anilines is 2. The molecule has 0 saturated heterocycles. The second kappa shape index (κ2) is 5.89. The number of amides is 1. The van der Waals surface area contributed by atoms with Crippen molar-refractivity contribution in [2.75, 3.05) is 37.8 Å². The van der Waals surface area contributed by atoms with Gasteiger partial charge in [-0.2, -0.15) is 0 Å². The topological polar surface area (TPSA) is 70.2 Å². The first-order valence-electron chi connectivity index (χ1n) is 5.15. The van der Waals surface area contributed by atoms with Crippen molar-refractivity contribution >= 4 is 17.5 Å². The van der Waals surface area contributed by atoms with Crippen LogP contribution in [0.5, 0.6) is 0 Å². The van der Waals surface area contributed by atoms with Crippen LogP contribution in [0.4, 0.5) is 11.6 Å². The van der Waals surface area contributed by atoms with Gasteiger partial charge in [0.15, 0.2) is 0 Å². The minimum absolute atomic E-state index is 0.0270. The molecule has 2 N–H and O–H groups in total. The average Bonchev–Trinajstić information content (AvgIpc) is 2.35. The molecule has 88 valence electrons. The quantitative estimate of drug-likeness (QED) is 0.756. The van der Waals surface area contributed by atoms with E-state index in [1.54, 1.807) is 31.4 Å². The van der Waals surface area contributed by atoms with E-state index in [0.29, 0.717) is 18.2 Å². The van der Waals surface area contributed by atoms with Gasteiger partial charge < -0.3 is 15.5 Å². The van der Waals surface area contributed by atoms with Crippen molar-refractivity contribution in [2.24, 2.45) is 0 Å². The maximum atomic E-state index is 11.5. The summed E-state index contributed by atoms with van der Waals surface area (Å²) in [6.45, 7) is 2.86. The highest BCUT2D eigenvalue weighted by Crippen LogP contribution is 2.04. The van der Waals surface area contributed by atoms with Crippen LogP contribution in [-0.4, -0.2) is 48.0 Å². The Bertz CT molecular complexity index is 355. The van der Waals surface area contributed by atoms with Crippen molar-refractivity contribution in [3.63, 3.8) is 0 Å². The fraction of sp³-hybridized carbons (Fsp3) is 0.500. The van der Waals surface area contributed by atoms with Crippen LogP contribution in [0.1, 0.15) is 6.92 Å². The molecule has 0 bridgehead atoms. The van der Waals surface area contributed by atoms with Gasteiger partial charge in [-0.25, -0.2) is 4.98 Å². The minimum atomic E-state index is 0.0270. The van der Waals surface area contributed by atoms with Crippen LogP contribution in [0.2, 0.25) is 0 Å². The molecular formula is C10H17N5O. The summed E-state index contributed by atoms with van der Waals surface area (Å²) in [6.07, 6.45) is 3.20. The van der Waals surface area contributed by atoms with E-state index < -0.39 is 0 Å². The Hall–Kier alpha value is -1.85. The molecule has 0 aliphatic rings. The largest absolute Gasteiger partial charge is 0.372 e. The van der Waals surface area contributed by atoms with E-state index in [1.807, 2.05) is 6.92 Å². The SMILES string of the molecule is CCN(C)C(=O)CNc1cncc(NC)n1. The van der Waals surface area contributed by atoms with Gasteiger partial charge in [-0.3, -0.25) is 9.78 Å². The maximum Gasteiger partial charge on any atom is 0.241 e. The molecule has 0 aliphatic heterocycles. The van der Waals surface area contributed by atoms with E-state index in [2.05, 4.69) is 20.6 Å². The Morgan fingerprint density at radius 3 is 2.75 bits per heavy atom. The Morgan fingerprint density at radius 1 is 1.44 bits per heavy atom. The van der Waals surface area contributed by atoms with Crippen molar-refractivity contribution < 1.29 is 4.79 Å². The normalized spacial score (nSPS) is 9.69. The first-order valence-corrected chi connectivity index (χ1v) is 5.15. The zero-order chi connectivity index (χ0) is 12.0. The number of rotatable bonds is 5. The Morgan fingerprint density at radius 2 is 2.12 bits per heavy atom. The molecule has 0 saturated carbocycles. The van der Waals surface area contributed by atoms with Crippen LogP contribution in [0.25, 0.3) is 0 Å². The predicted octanol–water partition coefficient (Wildman–Crippen LogP) is 0.408. The summed E-state index contributed by atoms with van der Waals surface area (Å²) in [7, 11) is 3.53. The van der Waals surface area contributed by atoms with Crippen LogP contribution in [0, 0.1) is 0 Å². The van der Waals surface area contributed by atoms with Gasteiger partial charge in [0, 0.05) is 20.6 Å². The zero-order valence-electron chi connectivity index (χ0n) is 9.82. The third-order valence-corrected chi connectivity index (χ3v) is 2.21. The summed E-state index contributed by atoms with van der Waals surface area (Å²) < 4.78 is 0. The highest BCUT2D eigenvalue weighted by molar-refractivity contribution is 5.80. The molecule has 0 aromatic carbocycles. The number of carbonyl (C=O) groups is 1. The highest BCUT2D eigenvalue weighted by Gasteiger charge is 2.06. The van der Waals surface area contributed by atoms with Gasteiger partial charge in [0.05, 0.1) is 18.9 Å². The van der Waals surface area contributed by atoms with Gasteiger partial charge in [0.1, 0.15) is 11.6 Å². The summed E-state index contributed by atoms with van der Waals surface area (Å²) in [5, 5.41) is 5.81. The molecular weight excluding hydrogens is 206 g/mol. The third-order valence-electron chi connectivity index (χ3n) is 2.21. The van der Waals surface area contributed by atoms with E-state index in [9.17, 15) is 4.79 Å². The van der Waals surface area contributed by atoms with Crippen molar-refractivity contribution in [3.8, 4) is 0 Å². The van der Waals surface area contributed by atoms with Gasteiger partial charge in [-0.1, -0.05) is 0 Å². The highest BCUT2D eigenvalue weighted by atomic mass is 16.2. The zero-order valence-corrected chi connectivity index (χ0v) is 9.82. The fourth-order valence-electron chi connectivity index (χ4n) is 1.05. The standard InChI is InChI=1S/C10H17N5O/c1-4-15(3)10(16)7-13-9-6-12-5-8(11-2)14-9/h5-6H,4,7H2,1-3H3,(H2,11,13,14). The van der Waals surface area contributed by atoms with E-state index >= 15 is 0 Å². The molecule has 0 radical (unpaired) electrons. The summed E-state index contributed by atoms with van der Waals surface area (Å²) >= 11 is 0. The van der Waals surface area contributed by atoms with Crippen LogP contribution in [0.15, 0.2) is 12.4 Å². The molecule has 0 atom stereocenters. The Kier molecular flexibility index (Phi) is 4.50. The van der Waals surface area contributed by atoms with E-state index in [1.165, 1.54) is 0 Å². The number of hydrogen-bond donors (Lipinski definition) is 2. The number of nitrogens with zero attached hydrogens (tertiary/aromatic N) is 3. The van der Waals surface area contributed by atoms with E-state index in [-0.39, 0.29) is 12.5 Å². The third kappa shape index (κ3) is 3.38. The molecule has 0 aliphatic carbocycles. The van der Waals surface area contributed by atoms with E-state index in [0.717, 1.165) is 0 Å². The van der Waals surface area contributed by atoms with Crippen LogP contribution >= 0.6 is 0 Å². The first kappa shape index (κ1) is 12.2. The lowest BCUT2D eigenvalue weighted by Gasteiger charge is -2.14. The van der Waals surface area contributed by atoms with Gasteiger partial charge in [0.2, 0.25) is 5.91 Å². The lowest BCUT2D eigenvalue weighted by Crippen LogP contribution is -2.32. The average molecular weight is 223 g/mol. The van der Waals surface area contributed by atoms with Crippen molar-refractivity contribution in [3.05, 3.63) is 12.4 Å². The van der Waals surface area contributed by atoms with E-state index in [4.69, 9.17) is 0 Å². The molecule has 16 heavy (non-hydrogen) atoms. The number of hydrogen-bond acceptors (Lipinski definition) is 5. The molecule has 0 unspecified atom stereocenters. The lowest BCUT2D eigenvalue weighted by molar-refractivity contribution is -0.127. The molecule has 0 spiro atoms. The fourth-order valence-corrected chi connectivity index (χ4v) is 1.05. The number of likely N-dealkylation sites (N-methyl/N-ethyl adjacent to an activating group) is 1. The number of aromatic nitrogens is 2. The van der Waals surface area contributed by atoms with Crippen LogP contribution in [-0.2, 0) is 4.79 Å². The summed E-state index contributed by atoms with van der Waals surface area (Å²) in [5.74, 6) is 1.28.